The number of aromatic nitrogens is 2. The van der Waals surface area contributed by atoms with Crippen LogP contribution in [0.25, 0.3) is 0 Å². The van der Waals surface area contributed by atoms with Crippen molar-refractivity contribution in [3.63, 3.8) is 0 Å². The Balaban J connectivity index is 0.00000149. The fraction of sp³-hybridized carbons (Fsp3) is 0.560. The first kappa shape index (κ1) is 24.9. The highest BCUT2D eigenvalue weighted by atomic mass is 16.5. The molecule has 0 bridgehead atoms. The highest BCUT2D eigenvalue weighted by Gasteiger charge is 2.28. The standard InChI is InChI=1S/C23H32N6O2.C2H6/c1-17-21-20(24-2)8-9-29(16-18-4-6-19(31-3)7-5-18)22(21)26-23(25-17)28-12-10-27(11-13-28)14-15-30;1-2/h4-7,30H,8-16H2,1-3H3;1-2H3. The third-order valence-electron chi connectivity index (χ3n) is 6.14. The number of ether oxygens (including phenoxy) is 1. The van der Waals surface area contributed by atoms with Crippen LogP contribution in [0.4, 0.5) is 11.8 Å². The van der Waals surface area contributed by atoms with Crippen LogP contribution in [0.2, 0.25) is 0 Å². The Hall–Kier alpha value is -2.71. The Labute approximate surface area is 197 Å². The Kier molecular flexibility index (Phi) is 9.03. The van der Waals surface area contributed by atoms with Crippen molar-refractivity contribution in [1.29, 1.82) is 0 Å². The first-order valence-electron chi connectivity index (χ1n) is 11.9. The van der Waals surface area contributed by atoms with E-state index in [-0.39, 0.29) is 6.61 Å². The summed E-state index contributed by atoms with van der Waals surface area (Å²) >= 11 is 0. The molecule has 0 spiro atoms. The number of piperazine rings is 1. The van der Waals surface area contributed by atoms with Crippen molar-refractivity contribution < 1.29 is 9.84 Å². The van der Waals surface area contributed by atoms with E-state index < -0.39 is 0 Å². The molecule has 0 atom stereocenters. The molecular formula is C25H38N6O2. The van der Waals surface area contributed by atoms with Gasteiger partial charge in [0.25, 0.3) is 0 Å². The molecule has 8 heteroatoms. The Morgan fingerprint density at radius 2 is 1.73 bits per heavy atom. The number of aliphatic hydroxyl groups excluding tert-OH is 1. The average Bonchev–Trinajstić information content (AvgIpc) is 2.86. The van der Waals surface area contributed by atoms with Gasteiger partial charge in [0.05, 0.1) is 25.0 Å². The smallest absolute Gasteiger partial charge is 0.227 e. The van der Waals surface area contributed by atoms with E-state index in [9.17, 15) is 5.11 Å². The highest BCUT2D eigenvalue weighted by molar-refractivity contribution is 6.07. The molecule has 0 aliphatic carbocycles. The Bertz CT molecular complexity index is 923. The number of aliphatic hydroxyl groups is 1. The lowest BCUT2D eigenvalue weighted by molar-refractivity contribution is 0.188. The van der Waals surface area contributed by atoms with Crippen LogP contribution in [0, 0.1) is 6.92 Å². The quantitative estimate of drug-likeness (QED) is 0.719. The summed E-state index contributed by atoms with van der Waals surface area (Å²) in [6, 6.07) is 8.22. The molecule has 33 heavy (non-hydrogen) atoms. The summed E-state index contributed by atoms with van der Waals surface area (Å²) in [6.45, 7) is 12.2. The van der Waals surface area contributed by atoms with Gasteiger partial charge in [-0.15, -0.1) is 0 Å². The van der Waals surface area contributed by atoms with Crippen LogP contribution in [-0.2, 0) is 6.54 Å². The minimum absolute atomic E-state index is 0.202. The van der Waals surface area contributed by atoms with E-state index in [1.165, 1.54) is 5.56 Å². The molecule has 3 heterocycles. The van der Waals surface area contributed by atoms with E-state index in [2.05, 4.69) is 38.7 Å². The SMILES string of the molecule is CC.CN=C1CCN(Cc2ccc(OC)cc2)c2nc(N3CCN(CCO)CC3)nc(C)c21. The minimum Gasteiger partial charge on any atom is -0.497 e. The maximum Gasteiger partial charge on any atom is 0.227 e. The van der Waals surface area contributed by atoms with Gasteiger partial charge >= 0.3 is 0 Å². The van der Waals surface area contributed by atoms with Gasteiger partial charge in [0, 0.05) is 65.0 Å². The van der Waals surface area contributed by atoms with Crippen molar-refractivity contribution >= 4 is 17.5 Å². The van der Waals surface area contributed by atoms with Crippen LogP contribution >= 0.6 is 0 Å². The van der Waals surface area contributed by atoms with Crippen molar-refractivity contribution in [3.8, 4) is 5.75 Å². The maximum atomic E-state index is 9.19. The van der Waals surface area contributed by atoms with Crippen molar-refractivity contribution in [2.45, 2.75) is 33.7 Å². The van der Waals surface area contributed by atoms with Crippen molar-refractivity contribution in [2.75, 3.05) is 69.8 Å². The second-order valence-corrected chi connectivity index (χ2v) is 8.05. The fourth-order valence-electron chi connectivity index (χ4n) is 4.36. The molecule has 1 aromatic heterocycles. The molecule has 0 unspecified atom stereocenters. The molecular weight excluding hydrogens is 416 g/mol. The van der Waals surface area contributed by atoms with Crippen LogP contribution in [0.1, 0.15) is 37.1 Å². The monoisotopic (exact) mass is 454 g/mol. The predicted molar refractivity (Wildman–Crippen MR) is 135 cm³/mol. The molecule has 1 fully saturated rings. The molecule has 4 rings (SSSR count). The van der Waals surface area contributed by atoms with Crippen LogP contribution in [-0.4, -0.2) is 85.7 Å². The van der Waals surface area contributed by atoms with E-state index >= 15 is 0 Å². The van der Waals surface area contributed by atoms with Gasteiger partial charge in [0.1, 0.15) is 11.6 Å². The van der Waals surface area contributed by atoms with E-state index in [0.717, 1.165) is 86.7 Å². The second kappa shape index (κ2) is 12.0. The first-order chi connectivity index (χ1) is 16.1. The number of hydrogen-bond donors (Lipinski definition) is 1. The molecule has 2 aliphatic rings. The number of benzene rings is 1. The summed E-state index contributed by atoms with van der Waals surface area (Å²) in [6.07, 6.45) is 0.892. The van der Waals surface area contributed by atoms with E-state index in [4.69, 9.17) is 14.7 Å². The van der Waals surface area contributed by atoms with Crippen molar-refractivity contribution in [2.24, 2.45) is 4.99 Å². The largest absolute Gasteiger partial charge is 0.497 e. The lowest BCUT2D eigenvalue weighted by atomic mass is 10.0. The lowest BCUT2D eigenvalue weighted by Crippen LogP contribution is -2.48. The highest BCUT2D eigenvalue weighted by Crippen LogP contribution is 2.31. The molecule has 1 aromatic carbocycles. The van der Waals surface area contributed by atoms with Gasteiger partial charge in [0.2, 0.25) is 5.95 Å². The van der Waals surface area contributed by atoms with Crippen molar-refractivity contribution in [3.05, 3.63) is 41.1 Å². The molecule has 8 nitrogen and oxygen atoms in total. The van der Waals surface area contributed by atoms with Gasteiger partial charge in [-0.3, -0.25) is 9.89 Å². The summed E-state index contributed by atoms with van der Waals surface area (Å²) < 4.78 is 5.29. The number of methoxy groups -OCH3 is 1. The third kappa shape index (κ3) is 5.81. The van der Waals surface area contributed by atoms with E-state index in [1.807, 2.05) is 33.0 Å². The van der Waals surface area contributed by atoms with Gasteiger partial charge < -0.3 is 19.6 Å². The fourth-order valence-corrected chi connectivity index (χ4v) is 4.36. The maximum absolute atomic E-state index is 9.19. The Morgan fingerprint density at radius 3 is 2.33 bits per heavy atom. The van der Waals surface area contributed by atoms with Gasteiger partial charge in [-0.25, -0.2) is 4.98 Å². The second-order valence-electron chi connectivity index (χ2n) is 8.05. The summed E-state index contributed by atoms with van der Waals surface area (Å²) in [5, 5.41) is 9.19. The number of β-amino-alcohol motifs (C(OH)–C–C–N with tert-alkyl or cyclic N) is 1. The van der Waals surface area contributed by atoms with Crippen LogP contribution in [0.15, 0.2) is 29.3 Å². The van der Waals surface area contributed by atoms with Gasteiger partial charge in [-0.05, 0) is 24.6 Å². The summed E-state index contributed by atoms with van der Waals surface area (Å²) in [7, 11) is 3.54. The zero-order valence-corrected chi connectivity index (χ0v) is 20.7. The van der Waals surface area contributed by atoms with Crippen LogP contribution in [0.3, 0.4) is 0 Å². The normalized spacial score (nSPS) is 17.5. The topological polar surface area (TPSA) is 77.3 Å². The number of hydrogen-bond acceptors (Lipinski definition) is 8. The number of anilines is 2. The average molecular weight is 455 g/mol. The van der Waals surface area contributed by atoms with Crippen molar-refractivity contribution in [1.82, 2.24) is 14.9 Å². The zero-order chi connectivity index (χ0) is 23.8. The molecule has 0 saturated carbocycles. The molecule has 180 valence electrons. The van der Waals surface area contributed by atoms with E-state index in [0.29, 0.717) is 0 Å². The summed E-state index contributed by atoms with van der Waals surface area (Å²) in [5.74, 6) is 2.63. The van der Waals surface area contributed by atoms with Crippen LogP contribution < -0.4 is 14.5 Å². The molecule has 0 amide bonds. The minimum atomic E-state index is 0.202. The summed E-state index contributed by atoms with van der Waals surface area (Å²) in [4.78, 5) is 21.3. The van der Waals surface area contributed by atoms with Gasteiger partial charge in [-0.2, -0.15) is 4.98 Å². The number of fused-ring (bicyclic) bond motifs is 1. The number of nitrogens with zero attached hydrogens (tertiary/aromatic N) is 6. The van der Waals surface area contributed by atoms with Gasteiger partial charge in [-0.1, -0.05) is 26.0 Å². The Morgan fingerprint density at radius 1 is 1.03 bits per heavy atom. The molecule has 2 aromatic rings. The number of aryl methyl sites for hydroxylation is 1. The van der Waals surface area contributed by atoms with Gasteiger partial charge in [0.15, 0.2) is 0 Å². The molecule has 1 N–H and O–H groups in total. The molecule has 1 saturated heterocycles. The number of rotatable bonds is 6. The predicted octanol–water partition coefficient (Wildman–Crippen LogP) is 2.76. The molecule has 0 radical (unpaired) electrons. The first-order valence-corrected chi connectivity index (χ1v) is 11.9. The zero-order valence-electron chi connectivity index (χ0n) is 20.7. The van der Waals surface area contributed by atoms with E-state index in [1.54, 1.807) is 7.11 Å². The lowest BCUT2D eigenvalue weighted by Gasteiger charge is -2.36. The molecule has 2 aliphatic heterocycles. The number of aliphatic imine (C=N–C) groups is 1. The van der Waals surface area contributed by atoms with Crippen LogP contribution in [0.5, 0.6) is 5.75 Å². The third-order valence-corrected chi connectivity index (χ3v) is 6.14. The summed E-state index contributed by atoms with van der Waals surface area (Å²) in [5.41, 5.74) is 4.36.